The van der Waals surface area contributed by atoms with E-state index in [1.807, 2.05) is 18.2 Å². The fraction of sp³-hybridized carbons (Fsp3) is 0.0769. The number of nitrogens with two attached hydrogens (primary N) is 1. The van der Waals surface area contributed by atoms with Crippen molar-refractivity contribution in [1.29, 1.82) is 0 Å². The quantitative estimate of drug-likeness (QED) is 0.824. The molecule has 1 unspecified atom stereocenters. The van der Waals surface area contributed by atoms with Gasteiger partial charge in [0.1, 0.15) is 5.92 Å². The number of rotatable bonds is 4. The molecule has 0 saturated carbocycles. The van der Waals surface area contributed by atoms with Gasteiger partial charge in [-0.3, -0.25) is 9.78 Å². The lowest BCUT2D eigenvalue weighted by atomic mass is 9.98. The van der Waals surface area contributed by atoms with Gasteiger partial charge in [-0.2, -0.15) is 0 Å². The van der Waals surface area contributed by atoms with Crippen molar-refractivity contribution in [3.8, 4) is 0 Å². The molecule has 19 heavy (non-hydrogen) atoms. The number of aromatic nitrogens is 2. The molecule has 96 valence electrons. The number of anilines is 1. The molecule has 2 rings (SSSR count). The van der Waals surface area contributed by atoms with E-state index in [1.165, 1.54) is 18.6 Å². The van der Waals surface area contributed by atoms with E-state index < -0.39 is 5.92 Å². The van der Waals surface area contributed by atoms with Gasteiger partial charge in [0, 0.05) is 12.4 Å². The van der Waals surface area contributed by atoms with Gasteiger partial charge in [-0.05, 0) is 5.56 Å². The lowest BCUT2D eigenvalue weighted by molar-refractivity contribution is -0.116. The highest BCUT2D eigenvalue weighted by molar-refractivity contribution is 7.80. The molecular formula is C13H12N4OS. The van der Waals surface area contributed by atoms with Crippen molar-refractivity contribution in [2.75, 3.05) is 5.32 Å². The van der Waals surface area contributed by atoms with Gasteiger partial charge in [-0.1, -0.05) is 42.5 Å². The van der Waals surface area contributed by atoms with E-state index in [2.05, 4.69) is 15.3 Å². The number of nitrogens with zero attached hydrogens (tertiary/aromatic N) is 2. The minimum absolute atomic E-state index is 0.118. The van der Waals surface area contributed by atoms with E-state index in [1.54, 1.807) is 12.1 Å². The van der Waals surface area contributed by atoms with E-state index in [9.17, 15) is 4.79 Å². The number of nitrogens with one attached hydrogen (secondary N) is 1. The Morgan fingerprint density at radius 3 is 2.58 bits per heavy atom. The maximum Gasteiger partial charge on any atom is 0.239 e. The van der Waals surface area contributed by atoms with E-state index in [-0.39, 0.29) is 10.9 Å². The summed E-state index contributed by atoms with van der Waals surface area (Å²) in [6.07, 6.45) is 4.48. The van der Waals surface area contributed by atoms with Crippen molar-refractivity contribution in [3.05, 3.63) is 54.5 Å². The van der Waals surface area contributed by atoms with Crippen LogP contribution in [-0.4, -0.2) is 20.9 Å². The lowest BCUT2D eigenvalue weighted by Gasteiger charge is -2.15. The number of hydrogen-bond donors (Lipinski definition) is 2. The second-order valence-corrected chi connectivity index (χ2v) is 4.30. The molecule has 0 spiro atoms. The van der Waals surface area contributed by atoms with E-state index in [4.69, 9.17) is 18.0 Å². The van der Waals surface area contributed by atoms with Crippen LogP contribution in [-0.2, 0) is 4.79 Å². The van der Waals surface area contributed by atoms with E-state index >= 15 is 0 Å². The number of carbonyl (C=O) groups is 1. The van der Waals surface area contributed by atoms with Crippen LogP contribution in [0.3, 0.4) is 0 Å². The summed E-state index contributed by atoms with van der Waals surface area (Å²) in [7, 11) is 0. The molecule has 1 heterocycles. The Labute approximate surface area is 115 Å². The van der Waals surface area contributed by atoms with Crippen LogP contribution < -0.4 is 11.1 Å². The molecule has 2 aromatic rings. The Kier molecular flexibility index (Phi) is 4.15. The third-order valence-corrected chi connectivity index (χ3v) is 2.73. The van der Waals surface area contributed by atoms with Gasteiger partial charge in [-0.25, -0.2) is 4.98 Å². The van der Waals surface area contributed by atoms with Crippen molar-refractivity contribution in [1.82, 2.24) is 9.97 Å². The van der Waals surface area contributed by atoms with Crippen LogP contribution in [0.4, 0.5) is 5.82 Å². The third kappa shape index (κ3) is 3.32. The van der Waals surface area contributed by atoms with Gasteiger partial charge in [0.15, 0.2) is 5.82 Å². The predicted molar refractivity (Wildman–Crippen MR) is 76.6 cm³/mol. The van der Waals surface area contributed by atoms with Crippen molar-refractivity contribution in [2.24, 2.45) is 5.73 Å². The molecule has 0 aliphatic carbocycles. The summed E-state index contributed by atoms with van der Waals surface area (Å²) in [6, 6.07) is 9.13. The fourth-order valence-electron chi connectivity index (χ4n) is 1.65. The van der Waals surface area contributed by atoms with Crippen LogP contribution >= 0.6 is 12.2 Å². The molecule has 0 saturated heterocycles. The molecule has 1 atom stereocenters. The molecule has 5 nitrogen and oxygen atoms in total. The molecule has 6 heteroatoms. The molecule has 0 bridgehead atoms. The summed E-state index contributed by atoms with van der Waals surface area (Å²) in [6.45, 7) is 0. The molecule has 0 fully saturated rings. The highest BCUT2D eigenvalue weighted by Gasteiger charge is 2.23. The molecule has 1 aromatic heterocycles. The van der Waals surface area contributed by atoms with Gasteiger partial charge >= 0.3 is 0 Å². The molecule has 0 aliphatic rings. The zero-order valence-electron chi connectivity index (χ0n) is 9.98. The molecule has 3 N–H and O–H groups in total. The van der Waals surface area contributed by atoms with Crippen LogP contribution in [0.25, 0.3) is 0 Å². The van der Waals surface area contributed by atoms with Crippen LogP contribution in [0.2, 0.25) is 0 Å². The minimum Gasteiger partial charge on any atom is -0.392 e. The Morgan fingerprint density at radius 1 is 1.26 bits per heavy atom. The molecule has 0 aliphatic heterocycles. The largest absolute Gasteiger partial charge is 0.392 e. The van der Waals surface area contributed by atoms with Crippen LogP contribution in [0.1, 0.15) is 11.5 Å². The van der Waals surface area contributed by atoms with E-state index in [0.29, 0.717) is 5.82 Å². The molecule has 1 aromatic carbocycles. The zero-order valence-corrected chi connectivity index (χ0v) is 10.8. The standard InChI is InChI=1S/C13H12N4OS/c14-12(19)11(9-4-2-1-3-5-9)13(18)17-10-8-15-6-7-16-10/h1-8,11H,(H2,14,19)(H,16,17,18). The molecular weight excluding hydrogens is 260 g/mol. The summed E-state index contributed by atoms with van der Waals surface area (Å²) < 4.78 is 0. The number of thiocarbonyl (C=S) groups is 1. The zero-order chi connectivity index (χ0) is 13.7. The first kappa shape index (κ1) is 13.1. The smallest absolute Gasteiger partial charge is 0.239 e. The summed E-state index contributed by atoms with van der Waals surface area (Å²) in [5.41, 5.74) is 6.40. The van der Waals surface area contributed by atoms with E-state index in [0.717, 1.165) is 5.56 Å². The van der Waals surface area contributed by atoms with Crippen LogP contribution in [0.5, 0.6) is 0 Å². The normalized spacial score (nSPS) is 11.6. The first-order chi connectivity index (χ1) is 9.18. The summed E-state index contributed by atoms with van der Waals surface area (Å²) >= 11 is 4.97. The van der Waals surface area contributed by atoms with Crippen molar-refractivity contribution in [3.63, 3.8) is 0 Å². The fourth-order valence-corrected chi connectivity index (χ4v) is 1.90. The third-order valence-electron chi connectivity index (χ3n) is 2.49. The van der Waals surface area contributed by atoms with Crippen molar-refractivity contribution in [2.45, 2.75) is 5.92 Å². The summed E-state index contributed by atoms with van der Waals surface area (Å²) in [5, 5.41) is 2.64. The topological polar surface area (TPSA) is 80.9 Å². The highest BCUT2D eigenvalue weighted by Crippen LogP contribution is 2.17. The first-order valence-corrected chi connectivity index (χ1v) is 6.00. The lowest BCUT2D eigenvalue weighted by Crippen LogP contribution is -2.31. The minimum atomic E-state index is -0.682. The Balaban J connectivity index is 2.21. The number of hydrogen-bond acceptors (Lipinski definition) is 4. The summed E-state index contributed by atoms with van der Waals surface area (Å²) in [4.78, 5) is 20.2. The predicted octanol–water partition coefficient (Wildman–Crippen LogP) is 1.49. The Morgan fingerprint density at radius 2 is 2.00 bits per heavy atom. The Hall–Kier alpha value is -2.34. The average molecular weight is 272 g/mol. The second kappa shape index (κ2) is 6.01. The number of carbonyl (C=O) groups excluding carboxylic acids is 1. The van der Waals surface area contributed by atoms with Gasteiger partial charge in [0.2, 0.25) is 5.91 Å². The van der Waals surface area contributed by atoms with Gasteiger partial charge in [-0.15, -0.1) is 0 Å². The van der Waals surface area contributed by atoms with Gasteiger partial charge in [0.05, 0.1) is 11.2 Å². The molecule has 0 radical (unpaired) electrons. The first-order valence-electron chi connectivity index (χ1n) is 5.59. The maximum atomic E-state index is 12.2. The average Bonchev–Trinajstić information content (AvgIpc) is 2.40. The molecule has 1 amide bonds. The van der Waals surface area contributed by atoms with Crippen molar-refractivity contribution < 1.29 is 4.79 Å². The Bertz CT molecular complexity index is 574. The van der Waals surface area contributed by atoms with Crippen LogP contribution in [0.15, 0.2) is 48.9 Å². The van der Waals surface area contributed by atoms with Gasteiger partial charge < -0.3 is 11.1 Å². The summed E-state index contributed by atoms with van der Waals surface area (Å²) in [5.74, 6) is -0.637. The highest BCUT2D eigenvalue weighted by atomic mass is 32.1. The van der Waals surface area contributed by atoms with Crippen molar-refractivity contribution >= 4 is 28.9 Å². The number of amides is 1. The van der Waals surface area contributed by atoms with Crippen LogP contribution in [0, 0.1) is 0 Å². The monoisotopic (exact) mass is 272 g/mol. The number of benzene rings is 1. The van der Waals surface area contributed by atoms with Gasteiger partial charge in [0.25, 0.3) is 0 Å². The second-order valence-electron chi connectivity index (χ2n) is 3.83. The SMILES string of the molecule is NC(=S)C(C(=O)Nc1cnccn1)c1ccccc1. The maximum absolute atomic E-state index is 12.2.